The lowest BCUT2D eigenvalue weighted by atomic mass is 10.1. The average molecular weight is 316 g/mol. The van der Waals surface area contributed by atoms with Gasteiger partial charge in [-0.15, -0.1) is 0 Å². The molecule has 7 nitrogen and oxygen atoms in total. The molecule has 0 saturated carbocycles. The minimum atomic E-state index is -3.41. The smallest absolute Gasteiger partial charge is 0.276 e. The van der Waals surface area contributed by atoms with Crippen LogP contribution in [-0.2, 0) is 10.0 Å². The number of nitro benzene ring substituents is 1. The summed E-state index contributed by atoms with van der Waals surface area (Å²) < 4.78 is 27.0. The Kier molecular flexibility index (Phi) is 6.10. The molecule has 1 aromatic rings. The molecule has 0 spiro atoms. The maximum atomic E-state index is 10.9. The van der Waals surface area contributed by atoms with Gasteiger partial charge in [-0.05, 0) is 44.7 Å². The Labute approximate surface area is 124 Å². The van der Waals surface area contributed by atoms with Crippen LogP contribution in [0.1, 0.15) is 30.4 Å². The molecule has 118 valence electrons. The number of nitro groups is 1. The van der Waals surface area contributed by atoms with Crippen LogP contribution in [0.4, 0.5) is 5.69 Å². The fraction of sp³-hybridized carbons (Fsp3) is 0.538. The second-order valence-electron chi connectivity index (χ2n) is 4.94. The fourth-order valence-corrected chi connectivity index (χ4v) is 2.54. The van der Waals surface area contributed by atoms with Gasteiger partial charge in [-0.3, -0.25) is 10.1 Å². The van der Waals surface area contributed by atoms with E-state index in [9.17, 15) is 18.5 Å². The van der Waals surface area contributed by atoms with Gasteiger partial charge in [0.25, 0.3) is 5.69 Å². The van der Waals surface area contributed by atoms with Crippen molar-refractivity contribution in [1.29, 1.82) is 0 Å². The molecular formula is C13H20N2O5S. The molecule has 0 fully saturated rings. The molecule has 1 aromatic carbocycles. The molecule has 8 heteroatoms. The Morgan fingerprint density at radius 1 is 1.19 bits per heavy atom. The minimum Gasteiger partial charge on any atom is -0.493 e. The molecule has 0 saturated heterocycles. The monoisotopic (exact) mass is 316 g/mol. The standard InChI is InChI=1S/C13H20N2O5S/c1-10-8-11(2)13(9-12(10)15(16)17)20-6-4-3-5-7-21(14,18)19/h8-9H,3-7H2,1-2H3,(H2,14,18,19). The van der Waals surface area contributed by atoms with E-state index >= 15 is 0 Å². The van der Waals surface area contributed by atoms with E-state index < -0.39 is 14.9 Å². The van der Waals surface area contributed by atoms with Gasteiger partial charge in [-0.1, -0.05) is 0 Å². The minimum absolute atomic E-state index is 0.0322. The third kappa shape index (κ3) is 6.09. The number of unbranched alkanes of at least 4 members (excludes halogenated alkanes) is 2. The van der Waals surface area contributed by atoms with E-state index in [1.54, 1.807) is 13.0 Å². The number of primary sulfonamides is 1. The van der Waals surface area contributed by atoms with Gasteiger partial charge in [0.2, 0.25) is 10.0 Å². The second kappa shape index (κ2) is 7.37. The third-order valence-corrected chi connectivity index (χ3v) is 3.88. The number of aryl methyl sites for hydroxylation is 2. The summed E-state index contributed by atoms with van der Waals surface area (Å²) in [6.45, 7) is 3.89. The van der Waals surface area contributed by atoms with Crippen LogP contribution in [0.15, 0.2) is 12.1 Å². The predicted octanol–water partition coefficient (Wildman–Crippen LogP) is 2.05. The third-order valence-electron chi connectivity index (χ3n) is 3.02. The second-order valence-corrected chi connectivity index (χ2v) is 6.67. The van der Waals surface area contributed by atoms with Crippen molar-refractivity contribution >= 4 is 15.7 Å². The van der Waals surface area contributed by atoms with E-state index in [1.165, 1.54) is 6.07 Å². The molecule has 0 bridgehead atoms. The quantitative estimate of drug-likeness (QED) is 0.448. The Balaban J connectivity index is 2.49. The van der Waals surface area contributed by atoms with Crippen LogP contribution in [0, 0.1) is 24.0 Å². The average Bonchev–Trinajstić information content (AvgIpc) is 2.33. The Bertz CT molecular complexity index is 613. The van der Waals surface area contributed by atoms with E-state index in [4.69, 9.17) is 9.88 Å². The van der Waals surface area contributed by atoms with Crippen molar-refractivity contribution in [3.8, 4) is 5.75 Å². The van der Waals surface area contributed by atoms with Crippen LogP contribution in [0.3, 0.4) is 0 Å². The summed E-state index contributed by atoms with van der Waals surface area (Å²) in [6.07, 6.45) is 1.81. The normalized spacial score (nSPS) is 11.4. The van der Waals surface area contributed by atoms with Crippen molar-refractivity contribution < 1.29 is 18.1 Å². The fourth-order valence-electron chi connectivity index (χ4n) is 1.94. The van der Waals surface area contributed by atoms with Crippen LogP contribution < -0.4 is 9.88 Å². The predicted molar refractivity (Wildman–Crippen MR) is 79.9 cm³/mol. The molecule has 0 atom stereocenters. The maximum absolute atomic E-state index is 10.9. The number of nitrogens with zero attached hydrogens (tertiary/aromatic N) is 1. The van der Waals surface area contributed by atoms with Crippen LogP contribution in [0.5, 0.6) is 5.75 Å². The first kappa shape index (κ1) is 17.4. The van der Waals surface area contributed by atoms with Crippen LogP contribution in [0.2, 0.25) is 0 Å². The van der Waals surface area contributed by atoms with Crippen molar-refractivity contribution in [2.24, 2.45) is 5.14 Å². The Hall–Kier alpha value is -1.67. The largest absolute Gasteiger partial charge is 0.493 e. The van der Waals surface area contributed by atoms with Gasteiger partial charge in [0.1, 0.15) is 5.75 Å². The van der Waals surface area contributed by atoms with Crippen molar-refractivity contribution in [1.82, 2.24) is 0 Å². The summed E-state index contributed by atoms with van der Waals surface area (Å²) in [5, 5.41) is 15.8. The van der Waals surface area contributed by atoms with Crippen LogP contribution >= 0.6 is 0 Å². The van der Waals surface area contributed by atoms with E-state index in [1.807, 2.05) is 6.92 Å². The molecule has 0 unspecified atom stereocenters. The molecule has 2 N–H and O–H groups in total. The van der Waals surface area contributed by atoms with Gasteiger partial charge in [-0.25, -0.2) is 13.6 Å². The van der Waals surface area contributed by atoms with Crippen molar-refractivity contribution in [2.75, 3.05) is 12.4 Å². The molecule has 21 heavy (non-hydrogen) atoms. The number of hydrogen-bond donors (Lipinski definition) is 1. The molecule has 0 aliphatic rings. The number of rotatable bonds is 8. The molecule has 0 aromatic heterocycles. The van der Waals surface area contributed by atoms with Gasteiger partial charge in [-0.2, -0.15) is 0 Å². The van der Waals surface area contributed by atoms with Crippen molar-refractivity contribution in [3.05, 3.63) is 33.4 Å². The van der Waals surface area contributed by atoms with E-state index in [-0.39, 0.29) is 11.4 Å². The molecule has 0 aliphatic carbocycles. The van der Waals surface area contributed by atoms with E-state index in [0.717, 1.165) is 5.56 Å². The number of nitrogens with two attached hydrogens (primary N) is 1. The highest BCUT2D eigenvalue weighted by atomic mass is 32.2. The summed E-state index contributed by atoms with van der Waals surface area (Å²) in [7, 11) is -3.41. The molecule has 1 rings (SSSR count). The summed E-state index contributed by atoms with van der Waals surface area (Å²) in [6, 6.07) is 3.14. The number of ether oxygens (including phenoxy) is 1. The molecule has 0 radical (unpaired) electrons. The molecule has 0 heterocycles. The Morgan fingerprint density at radius 2 is 1.86 bits per heavy atom. The van der Waals surface area contributed by atoms with Gasteiger partial charge >= 0.3 is 0 Å². The first-order valence-electron chi connectivity index (χ1n) is 6.59. The van der Waals surface area contributed by atoms with Gasteiger partial charge < -0.3 is 4.74 Å². The SMILES string of the molecule is Cc1cc(C)c([N+](=O)[O-])cc1OCCCCCS(N)(=O)=O. The van der Waals surface area contributed by atoms with Gasteiger partial charge in [0.05, 0.1) is 23.3 Å². The van der Waals surface area contributed by atoms with E-state index in [2.05, 4.69) is 0 Å². The lowest BCUT2D eigenvalue weighted by Gasteiger charge is -2.10. The summed E-state index contributed by atoms with van der Waals surface area (Å²) in [5.41, 5.74) is 1.46. The van der Waals surface area contributed by atoms with Gasteiger partial charge in [0, 0.05) is 5.56 Å². The van der Waals surface area contributed by atoms with Crippen LogP contribution in [0.25, 0.3) is 0 Å². The lowest BCUT2D eigenvalue weighted by Crippen LogP contribution is -2.16. The zero-order valence-electron chi connectivity index (χ0n) is 12.2. The Morgan fingerprint density at radius 3 is 2.43 bits per heavy atom. The van der Waals surface area contributed by atoms with Crippen LogP contribution in [-0.4, -0.2) is 25.7 Å². The summed E-state index contributed by atoms with van der Waals surface area (Å²) >= 11 is 0. The zero-order valence-corrected chi connectivity index (χ0v) is 13.0. The highest BCUT2D eigenvalue weighted by Gasteiger charge is 2.14. The first-order valence-corrected chi connectivity index (χ1v) is 8.31. The maximum Gasteiger partial charge on any atom is 0.276 e. The number of hydrogen-bond acceptors (Lipinski definition) is 5. The molecular weight excluding hydrogens is 296 g/mol. The zero-order chi connectivity index (χ0) is 16.0. The molecule has 0 amide bonds. The number of benzene rings is 1. The molecule has 0 aliphatic heterocycles. The van der Waals surface area contributed by atoms with Crippen molar-refractivity contribution in [3.63, 3.8) is 0 Å². The summed E-state index contributed by atoms with van der Waals surface area (Å²) in [5.74, 6) is 0.445. The highest BCUT2D eigenvalue weighted by Crippen LogP contribution is 2.28. The lowest BCUT2D eigenvalue weighted by molar-refractivity contribution is -0.385. The van der Waals surface area contributed by atoms with E-state index in [0.29, 0.717) is 37.2 Å². The number of sulfonamides is 1. The topological polar surface area (TPSA) is 113 Å². The van der Waals surface area contributed by atoms with Gasteiger partial charge in [0.15, 0.2) is 0 Å². The highest BCUT2D eigenvalue weighted by molar-refractivity contribution is 7.89. The summed E-state index contributed by atoms with van der Waals surface area (Å²) in [4.78, 5) is 10.4. The van der Waals surface area contributed by atoms with Crippen molar-refractivity contribution in [2.45, 2.75) is 33.1 Å². The first-order chi connectivity index (χ1) is 9.70.